The minimum absolute atomic E-state index is 0.465. The van der Waals surface area contributed by atoms with Crippen LogP contribution in [0.25, 0.3) is 0 Å². The zero-order valence-electron chi connectivity index (χ0n) is 11.7. The third-order valence-electron chi connectivity index (χ3n) is 3.86. The van der Waals surface area contributed by atoms with Gasteiger partial charge in [-0.15, -0.1) is 0 Å². The van der Waals surface area contributed by atoms with Gasteiger partial charge in [-0.25, -0.2) is 0 Å². The maximum Gasteiger partial charge on any atom is 0.103 e. The van der Waals surface area contributed by atoms with Gasteiger partial charge in [-0.05, 0) is 44.0 Å². The van der Waals surface area contributed by atoms with Crippen molar-refractivity contribution in [1.82, 2.24) is 4.90 Å². The summed E-state index contributed by atoms with van der Waals surface area (Å²) in [5, 5.41) is 0. The molecule has 1 aliphatic heterocycles. The second-order valence-electron chi connectivity index (χ2n) is 5.26. The second-order valence-corrected chi connectivity index (χ2v) is 5.70. The number of nitrogens with two attached hydrogens (primary N) is 1. The van der Waals surface area contributed by atoms with Crippen LogP contribution in [-0.2, 0) is 11.3 Å². The maximum absolute atomic E-state index is 5.66. The third kappa shape index (κ3) is 3.75. The van der Waals surface area contributed by atoms with E-state index in [1.54, 1.807) is 0 Å². The van der Waals surface area contributed by atoms with Gasteiger partial charge in [0, 0.05) is 31.4 Å². The number of nitrogens with zero attached hydrogens (tertiary/aromatic N) is 1. The molecule has 0 amide bonds. The lowest BCUT2D eigenvalue weighted by Crippen LogP contribution is -2.36. The summed E-state index contributed by atoms with van der Waals surface area (Å²) in [4.78, 5) is 2.89. The predicted octanol–water partition coefficient (Wildman–Crippen LogP) is 2.24. The Kier molecular flexibility index (Phi) is 4.91. The first kappa shape index (κ1) is 14.4. The highest BCUT2D eigenvalue weighted by Gasteiger charge is 2.18. The molecule has 0 radical (unpaired) electrons. The fourth-order valence-corrected chi connectivity index (χ4v) is 2.68. The van der Waals surface area contributed by atoms with Crippen molar-refractivity contribution in [1.29, 1.82) is 0 Å². The van der Waals surface area contributed by atoms with Crippen molar-refractivity contribution >= 4 is 17.2 Å². The molecule has 2 N–H and O–H groups in total. The van der Waals surface area contributed by atoms with E-state index in [1.807, 2.05) is 6.07 Å². The number of benzene rings is 1. The number of hydrogen-bond donors (Lipinski definition) is 1. The summed E-state index contributed by atoms with van der Waals surface area (Å²) in [6, 6.07) is 6.86. The lowest BCUT2D eigenvalue weighted by atomic mass is 10.0. The second kappa shape index (κ2) is 6.46. The van der Waals surface area contributed by atoms with Crippen LogP contribution in [0, 0.1) is 6.92 Å². The minimum atomic E-state index is 0.465. The van der Waals surface area contributed by atoms with Gasteiger partial charge in [-0.3, -0.25) is 4.90 Å². The topological polar surface area (TPSA) is 38.5 Å². The van der Waals surface area contributed by atoms with Crippen molar-refractivity contribution in [2.75, 3.05) is 20.3 Å². The van der Waals surface area contributed by atoms with Gasteiger partial charge < -0.3 is 10.5 Å². The monoisotopic (exact) mass is 278 g/mol. The average Bonchev–Trinajstić information content (AvgIpc) is 2.41. The van der Waals surface area contributed by atoms with Gasteiger partial charge >= 0.3 is 0 Å². The molecule has 1 saturated heterocycles. The Labute approximate surface area is 120 Å². The molecule has 2 rings (SSSR count). The zero-order chi connectivity index (χ0) is 13.8. The smallest absolute Gasteiger partial charge is 0.103 e. The van der Waals surface area contributed by atoms with Crippen LogP contribution in [0.1, 0.15) is 29.5 Å². The van der Waals surface area contributed by atoms with Crippen LogP contribution in [0.3, 0.4) is 0 Å². The van der Waals surface area contributed by atoms with Crippen molar-refractivity contribution in [3.05, 3.63) is 34.9 Å². The van der Waals surface area contributed by atoms with Crippen LogP contribution in [0.4, 0.5) is 0 Å². The molecule has 0 bridgehead atoms. The first-order chi connectivity index (χ1) is 9.08. The van der Waals surface area contributed by atoms with Crippen molar-refractivity contribution in [3.8, 4) is 0 Å². The van der Waals surface area contributed by atoms with Crippen LogP contribution in [0.15, 0.2) is 18.2 Å². The summed E-state index contributed by atoms with van der Waals surface area (Å²) in [6.45, 7) is 4.85. The van der Waals surface area contributed by atoms with E-state index in [2.05, 4.69) is 31.0 Å². The molecule has 104 valence electrons. The van der Waals surface area contributed by atoms with Crippen LogP contribution in [0.5, 0.6) is 0 Å². The molecule has 3 nitrogen and oxygen atoms in total. The van der Waals surface area contributed by atoms with Gasteiger partial charge in [0.25, 0.3) is 0 Å². The number of ether oxygens (including phenoxy) is 1. The Hall–Kier alpha value is -0.970. The standard InChI is InChI=1S/C15H22N2OS/c1-11-9-12(15(16)19)3-4-13(11)10-17(2)14-5-7-18-8-6-14/h3-4,9,14H,5-8,10H2,1-2H3,(H2,16,19). The number of hydrogen-bond acceptors (Lipinski definition) is 3. The molecule has 1 fully saturated rings. The van der Waals surface area contributed by atoms with Crippen molar-refractivity contribution in [2.45, 2.75) is 32.4 Å². The molecular weight excluding hydrogens is 256 g/mol. The third-order valence-corrected chi connectivity index (χ3v) is 4.10. The Morgan fingerprint density at radius 1 is 1.42 bits per heavy atom. The highest BCUT2D eigenvalue weighted by Crippen LogP contribution is 2.18. The molecule has 0 atom stereocenters. The fourth-order valence-electron chi connectivity index (χ4n) is 2.55. The highest BCUT2D eigenvalue weighted by molar-refractivity contribution is 7.80. The normalized spacial score (nSPS) is 16.8. The molecule has 0 unspecified atom stereocenters. The van der Waals surface area contributed by atoms with Gasteiger partial charge in [0.1, 0.15) is 4.99 Å². The van der Waals surface area contributed by atoms with Crippen LogP contribution < -0.4 is 5.73 Å². The highest BCUT2D eigenvalue weighted by atomic mass is 32.1. The molecular formula is C15H22N2OS. The fraction of sp³-hybridized carbons (Fsp3) is 0.533. The van der Waals surface area contributed by atoms with Crippen molar-refractivity contribution in [2.24, 2.45) is 5.73 Å². The number of thiocarbonyl (C=S) groups is 1. The Balaban J connectivity index is 2.03. The van der Waals surface area contributed by atoms with Gasteiger partial charge in [-0.1, -0.05) is 24.4 Å². The Morgan fingerprint density at radius 2 is 2.11 bits per heavy atom. The summed E-state index contributed by atoms with van der Waals surface area (Å²) in [5.41, 5.74) is 9.20. The summed E-state index contributed by atoms with van der Waals surface area (Å²) >= 11 is 5.01. The van der Waals surface area contributed by atoms with E-state index < -0.39 is 0 Å². The Morgan fingerprint density at radius 3 is 2.68 bits per heavy atom. The minimum Gasteiger partial charge on any atom is -0.389 e. The molecule has 0 aliphatic carbocycles. The van der Waals surface area contributed by atoms with Gasteiger partial charge in [-0.2, -0.15) is 0 Å². The van der Waals surface area contributed by atoms with E-state index in [9.17, 15) is 0 Å². The molecule has 4 heteroatoms. The quantitative estimate of drug-likeness (QED) is 0.857. The van der Waals surface area contributed by atoms with Crippen LogP contribution in [0.2, 0.25) is 0 Å². The van der Waals surface area contributed by atoms with E-state index in [1.165, 1.54) is 11.1 Å². The molecule has 19 heavy (non-hydrogen) atoms. The van der Waals surface area contributed by atoms with Gasteiger partial charge in [0.05, 0.1) is 0 Å². The molecule has 0 spiro atoms. The van der Waals surface area contributed by atoms with Crippen LogP contribution >= 0.6 is 12.2 Å². The summed E-state index contributed by atoms with van der Waals surface area (Å²) < 4.78 is 5.41. The molecule has 1 aliphatic rings. The summed E-state index contributed by atoms with van der Waals surface area (Å²) in [5.74, 6) is 0. The SMILES string of the molecule is Cc1cc(C(N)=S)ccc1CN(C)C1CCOCC1. The van der Waals surface area contributed by atoms with E-state index in [4.69, 9.17) is 22.7 Å². The van der Waals surface area contributed by atoms with E-state index in [0.717, 1.165) is 38.2 Å². The van der Waals surface area contributed by atoms with Crippen molar-refractivity contribution < 1.29 is 4.74 Å². The molecule has 1 aromatic rings. The number of aryl methyl sites for hydroxylation is 1. The van der Waals surface area contributed by atoms with E-state index >= 15 is 0 Å². The molecule has 1 aromatic carbocycles. The van der Waals surface area contributed by atoms with Crippen LogP contribution in [-0.4, -0.2) is 36.2 Å². The van der Waals surface area contributed by atoms with E-state index in [-0.39, 0.29) is 0 Å². The average molecular weight is 278 g/mol. The first-order valence-corrected chi connectivity index (χ1v) is 7.16. The summed E-state index contributed by atoms with van der Waals surface area (Å²) in [7, 11) is 2.19. The van der Waals surface area contributed by atoms with Gasteiger partial charge in [0.2, 0.25) is 0 Å². The number of rotatable bonds is 4. The predicted molar refractivity (Wildman–Crippen MR) is 82.4 cm³/mol. The van der Waals surface area contributed by atoms with Crippen molar-refractivity contribution in [3.63, 3.8) is 0 Å². The molecule has 0 saturated carbocycles. The van der Waals surface area contributed by atoms with Gasteiger partial charge in [0.15, 0.2) is 0 Å². The molecule has 1 heterocycles. The lowest BCUT2D eigenvalue weighted by molar-refractivity contribution is 0.0406. The summed E-state index contributed by atoms with van der Waals surface area (Å²) in [6.07, 6.45) is 2.25. The lowest BCUT2D eigenvalue weighted by Gasteiger charge is -2.31. The first-order valence-electron chi connectivity index (χ1n) is 6.75. The largest absolute Gasteiger partial charge is 0.389 e. The zero-order valence-corrected chi connectivity index (χ0v) is 12.5. The molecule has 0 aromatic heterocycles. The Bertz CT molecular complexity index is 455. The van der Waals surface area contributed by atoms with E-state index in [0.29, 0.717) is 11.0 Å². The maximum atomic E-state index is 5.66.